The standard InChI is InChI=1S/C35H28F8/c1-2-3-4-5-6-20-7-8-22-14-23(10-9-21(22)13-20)24-16-29(37)32(30(38)17-24)25-15-26-18-28(36)27(11-12-35(41,42)43)34(40)33(26)31(39)19-25/h9-10,14-20H,2-8,13H2,1H3. The fourth-order valence-electron chi connectivity index (χ4n) is 5.94. The Hall–Kier alpha value is -3.86. The first kappa shape index (κ1) is 30.6. The van der Waals surface area contributed by atoms with Gasteiger partial charge in [-0.15, -0.1) is 0 Å². The van der Waals surface area contributed by atoms with Gasteiger partial charge in [-0.3, -0.25) is 0 Å². The van der Waals surface area contributed by atoms with Crippen molar-refractivity contribution in [1.82, 2.24) is 0 Å². The van der Waals surface area contributed by atoms with Crippen molar-refractivity contribution in [3.63, 3.8) is 0 Å². The fourth-order valence-corrected chi connectivity index (χ4v) is 5.94. The molecular weight excluding hydrogens is 572 g/mol. The molecule has 1 aliphatic carbocycles. The van der Waals surface area contributed by atoms with Gasteiger partial charge in [-0.05, 0) is 88.7 Å². The third-order valence-electron chi connectivity index (χ3n) is 8.08. The van der Waals surface area contributed by atoms with Crippen molar-refractivity contribution >= 4 is 10.8 Å². The lowest BCUT2D eigenvalue weighted by Gasteiger charge is -2.25. The summed E-state index contributed by atoms with van der Waals surface area (Å²) >= 11 is 0. The highest BCUT2D eigenvalue weighted by atomic mass is 19.4. The molecule has 0 aliphatic heterocycles. The van der Waals surface area contributed by atoms with Gasteiger partial charge >= 0.3 is 6.18 Å². The topological polar surface area (TPSA) is 0 Å². The van der Waals surface area contributed by atoms with Gasteiger partial charge in [0.1, 0.15) is 23.3 Å². The molecule has 5 rings (SSSR count). The molecule has 224 valence electrons. The number of alkyl halides is 3. The number of hydrogen-bond acceptors (Lipinski definition) is 0. The van der Waals surface area contributed by atoms with Crippen LogP contribution in [0.2, 0.25) is 0 Å². The molecule has 0 saturated carbocycles. The van der Waals surface area contributed by atoms with E-state index in [1.807, 2.05) is 18.2 Å². The molecule has 0 heterocycles. The predicted molar refractivity (Wildman–Crippen MR) is 152 cm³/mol. The van der Waals surface area contributed by atoms with Crippen LogP contribution < -0.4 is 0 Å². The van der Waals surface area contributed by atoms with Gasteiger partial charge in [-0.1, -0.05) is 63.1 Å². The van der Waals surface area contributed by atoms with Gasteiger partial charge in [-0.2, -0.15) is 13.2 Å². The maximum atomic E-state index is 15.4. The molecule has 0 nitrogen and oxygen atoms in total. The smallest absolute Gasteiger partial charge is 0.206 e. The zero-order valence-corrected chi connectivity index (χ0v) is 23.4. The normalized spacial score (nSPS) is 14.9. The van der Waals surface area contributed by atoms with E-state index in [0.717, 1.165) is 48.9 Å². The minimum Gasteiger partial charge on any atom is -0.206 e. The summed E-state index contributed by atoms with van der Waals surface area (Å²) in [6.45, 7) is 2.19. The summed E-state index contributed by atoms with van der Waals surface area (Å²) in [5, 5.41) is -1.27. The second-order valence-electron chi connectivity index (χ2n) is 11.1. The molecule has 0 spiro atoms. The zero-order valence-electron chi connectivity index (χ0n) is 23.4. The Morgan fingerprint density at radius 3 is 2.16 bits per heavy atom. The van der Waals surface area contributed by atoms with Crippen molar-refractivity contribution in [2.45, 2.75) is 64.5 Å². The molecule has 0 bridgehead atoms. The van der Waals surface area contributed by atoms with Crippen molar-refractivity contribution in [1.29, 1.82) is 0 Å². The Bertz CT molecular complexity index is 1720. The van der Waals surface area contributed by atoms with E-state index in [9.17, 15) is 22.0 Å². The number of hydrogen-bond donors (Lipinski definition) is 0. The second-order valence-corrected chi connectivity index (χ2v) is 11.1. The Labute approximate surface area is 244 Å². The van der Waals surface area contributed by atoms with Gasteiger partial charge in [0.25, 0.3) is 0 Å². The van der Waals surface area contributed by atoms with E-state index in [1.165, 1.54) is 43.6 Å². The van der Waals surface area contributed by atoms with Crippen LogP contribution in [0.5, 0.6) is 0 Å². The highest BCUT2D eigenvalue weighted by Crippen LogP contribution is 2.37. The molecule has 43 heavy (non-hydrogen) atoms. The number of aryl methyl sites for hydroxylation is 1. The summed E-state index contributed by atoms with van der Waals surface area (Å²) in [6.07, 6.45) is 4.02. The molecule has 1 unspecified atom stereocenters. The Morgan fingerprint density at radius 1 is 0.744 bits per heavy atom. The van der Waals surface area contributed by atoms with Crippen molar-refractivity contribution in [2.24, 2.45) is 5.92 Å². The SMILES string of the molecule is CCCCCCC1CCc2cc(-c3cc(F)c(-c4cc(F)c5c(F)c(C#CC(F)(F)F)c(F)cc5c4)c(F)c3)ccc2C1. The highest BCUT2D eigenvalue weighted by Gasteiger charge is 2.25. The number of rotatable bonds is 7. The summed E-state index contributed by atoms with van der Waals surface area (Å²) < 4.78 is 112. The van der Waals surface area contributed by atoms with Crippen molar-refractivity contribution in [3.8, 4) is 34.1 Å². The monoisotopic (exact) mass is 600 g/mol. The molecule has 1 aliphatic rings. The van der Waals surface area contributed by atoms with Crippen LogP contribution in [0, 0.1) is 46.8 Å². The number of halogens is 8. The first-order chi connectivity index (χ1) is 20.4. The van der Waals surface area contributed by atoms with Crippen LogP contribution in [-0.2, 0) is 12.8 Å². The molecule has 8 heteroatoms. The van der Waals surface area contributed by atoms with Crippen LogP contribution in [0.1, 0.15) is 62.1 Å². The Morgan fingerprint density at radius 2 is 1.47 bits per heavy atom. The number of fused-ring (bicyclic) bond motifs is 2. The van der Waals surface area contributed by atoms with Gasteiger partial charge < -0.3 is 0 Å². The van der Waals surface area contributed by atoms with Crippen LogP contribution in [0.4, 0.5) is 35.1 Å². The van der Waals surface area contributed by atoms with Gasteiger partial charge in [0.2, 0.25) is 0 Å². The lowest BCUT2D eigenvalue weighted by atomic mass is 9.80. The Balaban J connectivity index is 1.44. The van der Waals surface area contributed by atoms with Crippen molar-refractivity contribution in [2.75, 3.05) is 0 Å². The molecule has 0 saturated heterocycles. The first-order valence-electron chi connectivity index (χ1n) is 14.3. The molecule has 4 aromatic rings. The highest BCUT2D eigenvalue weighted by molar-refractivity contribution is 5.90. The number of benzene rings is 4. The summed E-state index contributed by atoms with van der Waals surface area (Å²) in [4.78, 5) is 0. The largest absolute Gasteiger partial charge is 0.458 e. The maximum Gasteiger partial charge on any atom is 0.458 e. The number of unbranched alkanes of at least 4 members (excludes halogenated alkanes) is 3. The molecule has 0 radical (unpaired) electrons. The van der Waals surface area contributed by atoms with Crippen LogP contribution in [0.25, 0.3) is 33.0 Å². The van der Waals surface area contributed by atoms with E-state index in [1.54, 1.807) is 0 Å². The van der Waals surface area contributed by atoms with Crippen LogP contribution in [-0.4, -0.2) is 6.18 Å². The van der Waals surface area contributed by atoms with Crippen LogP contribution in [0.3, 0.4) is 0 Å². The molecule has 1 atom stereocenters. The molecule has 4 aromatic carbocycles. The van der Waals surface area contributed by atoms with E-state index >= 15 is 13.2 Å². The minimum atomic E-state index is -5.02. The Kier molecular flexibility index (Phi) is 8.82. The quantitative estimate of drug-likeness (QED) is 0.112. The van der Waals surface area contributed by atoms with Crippen LogP contribution >= 0.6 is 0 Å². The average molecular weight is 601 g/mol. The van der Waals surface area contributed by atoms with Crippen molar-refractivity contribution in [3.05, 3.63) is 94.3 Å². The van der Waals surface area contributed by atoms with E-state index in [-0.39, 0.29) is 11.1 Å². The summed E-state index contributed by atoms with van der Waals surface area (Å²) in [5.74, 6) is -3.72. The molecule has 0 N–H and O–H groups in total. The maximum absolute atomic E-state index is 15.4. The summed E-state index contributed by atoms with van der Waals surface area (Å²) in [6, 6.07) is 10.2. The molecular formula is C35H28F8. The minimum absolute atomic E-state index is 0.287. The zero-order chi connectivity index (χ0) is 30.9. The first-order valence-corrected chi connectivity index (χ1v) is 14.3. The van der Waals surface area contributed by atoms with Gasteiger partial charge in [-0.25, -0.2) is 22.0 Å². The molecule has 0 aromatic heterocycles. The third kappa shape index (κ3) is 6.71. The lowest BCUT2D eigenvalue weighted by Crippen LogP contribution is -2.14. The van der Waals surface area contributed by atoms with Crippen molar-refractivity contribution < 1.29 is 35.1 Å². The van der Waals surface area contributed by atoms with Gasteiger partial charge in [0.15, 0.2) is 5.82 Å². The van der Waals surface area contributed by atoms with E-state index in [0.29, 0.717) is 23.6 Å². The van der Waals surface area contributed by atoms with E-state index in [2.05, 4.69) is 6.92 Å². The predicted octanol–water partition coefficient (Wildman–Crippen LogP) is 10.9. The molecule has 0 fully saturated rings. The van der Waals surface area contributed by atoms with E-state index in [4.69, 9.17) is 0 Å². The summed E-state index contributed by atoms with van der Waals surface area (Å²) in [7, 11) is 0. The van der Waals surface area contributed by atoms with Crippen LogP contribution in [0.15, 0.2) is 48.5 Å². The van der Waals surface area contributed by atoms with Gasteiger partial charge in [0.05, 0.1) is 16.5 Å². The summed E-state index contributed by atoms with van der Waals surface area (Å²) in [5.41, 5.74) is 1.12. The average Bonchev–Trinajstić information content (AvgIpc) is 2.93. The second kappa shape index (κ2) is 12.4. The fraction of sp³-hybridized carbons (Fsp3) is 0.314. The third-order valence-corrected chi connectivity index (χ3v) is 8.08. The van der Waals surface area contributed by atoms with Gasteiger partial charge in [0, 0.05) is 5.92 Å². The lowest BCUT2D eigenvalue weighted by molar-refractivity contribution is -0.0696. The molecule has 0 amide bonds. The van der Waals surface area contributed by atoms with E-state index < -0.39 is 57.2 Å².